The molecule has 0 saturated carbocycles. The summed E-state index contributed by atoms with van der Waals surface area (Å²) in [5.41, 5.74) is 9.86. The van der Waals surface area contributed by atoms with E-state index in [1.807, 2.05) is 39.8 Å². The van der Waals surface area contributed by atoms with Crippen LogP contribution >= 0.6 is 0 Å². The summed E-state index contributed by atoms with van der Waals surface area (Å²) < 4.78 is 6.66. The van der Waals surface area contributed by atoms with E-state index < -0.39 is 0 Å². The van der Waals surface area contributed by atoms with Gasteiger partial charge in [-0.3, -0.25) is 9.78 Å². The maximum atomic E-state index is 11.7. The summed E-state index contributed by atoms with van der Waals surface area (Å²) in [5, 5.41) is 14.2. The molecule has 4 aromatic carbocycles. The van der Waals surface area contributed by atoms with Crippen LogP contribution in [0.25, 0.3) is 55.2 Å². The fraction of sp³-hybridized carbons (Fsp3) is 0.362. The van der Waals surface area contributed by atoms with E-state index in [1.54, 1.807) is 0 Å². The van der Waals surface area contributed by atoms with E-state index in [0.717, 1.165) is 75.5 Å². The van der Waals surface area contributed by atoms with E-state index in [4.69, 9.17) is 9.40 Å². The smallest absolute Gasteiger partial charge is 0.162 e. The van der Waals surface area contributed by atoms with Crippen LogP contribution in [0.15, 0.2) is 89.0 Å². The topological polar surface area (TPSA) is 63.3 Å². The summed E-state index contributed by atoms with van der Waals surface area (Å²) in [4.78, 5) is 16.9. The van der Waals surface area contributed by atoms with Crippen molar-refractivity contribution >= 4 is 38.4 Å². The molecule has 0 fully saturated rings. The monoisotopic (exact) mass is 873 g/mol. The first-order chi connectivity index (χ1) is 24.3. The molecule has 0 aliphatic heterocycles. The van der Waals surface area contributed by atoms with Gasteiger partial charge in [-0.05, 0) is 81.2 Å². The molecule has 0 saturated heterocycles. The number of aliphatic hydroxyl groups is 1. The quantitative estimate of drug-likeness (QED) is 0.0893. The Hall–Kier alpha value is -4.05. The first-order valence-corrected chi connectivity index (χ1v) is 18.6. The van der Waals surface area contributed by atoms with Gasteiger partial charge in [-0.1, -0.05) is 107 Å². The van der Waals surface area contributed by atoms with Crippen molar-refractivity contribution in [3.8, 4) is 22.6 Å². The van der Waals surface area contributed by atoms with E-state index in [2.05, 4.69) is 108 Å². The molecule has 0 amide bonds. The molecule has 1 radical (unpaired) electrons. The second kappa shape index (κ2) is 17.2. The van der Waals surface area contributed by atoms with E-state index in [0.29, 0.717) is 0 Å². The Kier molecular flexibility index (Phi) is 13.5. The van der Waals surface area contributed by atoms with Crippen molar-refractivity contribution in [2.24, 2.45) is 11.8 Å². The molecule has 0 aliphatic rings. The van der Waals surface area contributed by atoms with Gasteiger partial charge in [-0.25, -0.2) is 0 Å². The minimum absolute atomic E-state index is 0. The summed E-state index contributed by atoms with van der Waals surface area (Å²) in [5.74, 6) is 1.43. The number of allylic oxidation sites excluding steroid dienone is 2. The van der Waals surface area contributed by atoms with Crippen molar-refractivity contribution in [3.63, 3.8) is 0 Å². The van der Waals surface area contributed by atoms with Crippen LogP contribution in [0.1, 0.15) is 96.4 Å². The first kappa shape index (κ1) is 40.7. The number of aromatic nitrogens is 1. The van der Waals surface area contributed by atoms with Crippen LogP contribution in [0.5, 0.6) is 0 Å². The molecule has 4 nitrogen and oxygen atoms in total. The zero-order valence-corrected chi connectivity index (χ0v) is 34.9. The number of rotatable bonds is 9. The number of para-hydroxylation sites is 1. The Morgan fingerprint density at radius 2 is 1.38 bits per heavy atom. The molecule has 0 unspecified atom stereocenters. The molecule has 52 heavy (non-hydrogen) atoms. The predicted octanol–water partition coefficient (Wildman–Crippen LogP) is 13.4. The standard InChI is InChI=1S/C34H30NO.C13H24O2.Ir/c1-20-15-21(2)31(22(3)16-20)30-19-27-32(35-29-14-10-9-13-26(29)33(27)36-30)24-17-23-11-7-8-12-25(23)28(18-24)34(4,5)6;1-5-10(6-2)12(14)9-13(15)11(7-3)8-4;/h7-16,18-19H,1-6H3;9-11,14H,5-8H2,1-4H3;/q-1;;/b;12-9-;. The molecule has 6 rings (SSSR count). The molecule has 2 heterocycles. The Morgan fingerprint density at radius 1 is 0.808 bits per heavy atom. The molecule has 275 valence electrons. The predicted molar refractivity (Wildman–Crippen MR) is 216 cm³/mol. The van der Waals surface area contributed by atoms with Gasteiger partial charge < -0.3 is 9.52 Å². The number of nitrogens with zero attached hydrogens (tertiary/aromatic N) is 1. The number of furan rings is 1. The van der Waals surface area contributed by atoms with Crippen LogP contribution in [0.4, 0.5) is 0 Å². The maximum absolute atomic E-state index is 11.7. The molecule has 0 bridgehead atoms. The van der Waals surface area contributed by atoms with Crippen LogP contribution in [0.3, 0.4) is 0 Å². The van der Waals surface area contributed by atoms with Crippen LogP contribution in [0.2, 0.25) is 0 Å². The molecule has 6 aromatic rings. The Morgan fingerprint density at radius 3 is 1.98 bits per heavy atom. The second-order valence-corrected chi connectivity index (χ2v) is 15.0. The molecule has 0 atom stereocenters. The maximum Gasteiger partial charge on any atom is 0.162 e. The number of benzene rings is 4. The average Bonchev–Trinajstić information content (AvgIpc) is 3.53. The molecular weight excluding hydrogens is 819 g/mol. The van der Waals surface area contributed by atoms with Gasteiger partial charge in [0.1, 0.15) is 11.3 Å². The Labute approximate surface area is 324 Å². The third-order valence-electron chi connectivity index (χ3n) is 10.2. The molecule has 1 N–H and O–H groups in total. The van der Waals surface area contributed by atoms with Gasteiger partial charge in [0, 0.05) is 60.0 Å². The number of hydrogen-bond donors (Lipinski definition) is 1. The molecule has 0 aliphatic carbocycles. The summed E-state index contributed by atoms with van der Waals surface area (Å²) in [6, 6.07) is 29.3. The van der Waals surface area contributed by atoms with Gasteiger partial charge in [-0.15, -0.1) is 29.1 Å². The fourth-order valence-electron chi connectivity index (χ4n) is 7.37. The van der Waals surface area contributed by atoms with E-state index in [1.165, 1.54) is 33.7 Å². The molecule has 5 heteroatoms. The van der Waals surface area contributed by atoms with Gasteiger partial charge in [0.2, 0.25) is 0 Å². The van der Waals surface area contributed by atoms with Gasteiger partial charge in [0.25, 0.3) is 0 Å². The summed E-state index contributed by atoms with van der Waals surface area (Å²) in [7, 11) is 0. The van der Waals surface area contributed by atoms with Crippen molar-refractivity contribution in [2.45, 2.75) is 100 Å². The van der Waals surface area contributed by atoms with Crippen LogP contribution in [-0.2, 0) is 30.3 Å². The minimum Gasteiger partial charge on any atom is -0.512 e. The average molecular weight is 873 g/mol. The Bertz CT molecular complexity index is 2190. The van der Waals surface area contributed by atoms with Crippen molar-refractivity contribution in [3.05, 3.63) is 113 Å². The summed E-state index contributed by atoms with van der Waals surface area (Å²) >= 11 is 0. The van der Waals surface area contributed by atoms with E-state index in [-0.39, 0.29) is 48.9 Å². The SMILES string of the molecule is CCC(CC)C(=O)/C=C(\O)C(CC)CC.Cc1cc(C)c(-c2cc3c(-c4[c-]c5ccccc5c(C(C)(C)C)c4)nc4ccccc4c3o2)c(C)c1.[Ir]. The van der Waals surface area contributed by atoms with Gasteiger partial charge >= 0.3 is 0 Å². The molecule has 0 spiro atoms. The van der Waals surface area contributed by atoms with E-state index >= 15 is 0 Å². The summed E-state index contributed by atoms with van der Waals surface area (Å²) in [6.07, 6.45) is 4.91. The number of fused-ring (bicyclic) bond motifs is 4. The van der Waals surface area contributed by atoms with Crippen molar-refractivity contribution in [1.29, 1.82) is 0 Å². The van der Waals surface area contributed by atoms with Crippen molar-refractivity contribution < 1.29 is 34.4 Å². The van der Waals surface area contributed by atoms with Crippen LogP contribution in [-0.4, -0.2) is 15.9 Å². The van der Waals surface area contributed by atoms with E-state index in [9.17, 15) is 9.90 Å². The zero-order chi connectivity index (χ0) is 37.0. The number of carbonyl (C=O) groups is 1. The molecular formula is C47H54IrNO3-. The molecule has 2 aromatic heterocycles. The van der Waals surface area contributed by atoms with Gasteiger partial charge in [-0.2, -0.15) is 0 Å². The van der Waals surface area contributed by atoms with Gasteiger partial charge in [0.15, 0.2) is 5.78 Å². The van der Waals surface area contributed by atoms with Crippen LogP contribution < -0.4 is 0 Å². The normalized spacial score (nSPS) is 12.0. The van der Waals surface area contributed by atoms with Gasteiger partial charge in [0.05, 0.1) is 11.3 Å². The summed E-state index contributed by atoms with van der Waals surface area (Å²) in [6.45, 7) is 21.3. The zero-order valence-electron chi connectivity index (χ0n) is 32.5. The number of pyridine rings is 1. The number of aryl methyl sites for hydroxylation is 3. The Balaban J connectivity index is 0.000000323. The van der Waals surface area contributed by atoms with Crippen LogP contribution in [0, 0.1) is 38.7 Å². The second-order valence-electron chi connectivity index (χ2n) is 15.0. The number of hydrogen-bond acceptors (Lipinski definition) is 4. The van der Waals surface area contributed by atoms with Crippen molar-refractivity contribution in [1.82, 2.24) is 4.98 Å². The van der Waals surface area contributed by atoms with Crippen molar-refractivity contribution in [2.75, 3.05) is 0 Å². The largest absolute Gasteiger partial charge is 0.512 e. The minimum atomic E-state index is -0.0168. The number of ketones is 1. The third-order valence-corrected chi connectivity index (χ3v) is 10.2. The number of carbonyl (C=O) groups excluding carboxylic acids is 1. The fourth-order valence-corrected chi connectivity index (χ4v) is 7.37. The number of aliphatic hydroxyl groups excluding tert-OH is 1. The third kappa shape index (κ3) is 8.59. The first-order valence-electron chi connectivity index (χ1n) is 18.6.